The smallest absolute Gasteiger partial charge is 0.446 e. The van der Waals surface area contributed by atoms with Crippen LogP contribution in [0.5, 0.6) is 0 Å². The van der Waals surface area contributed by atoms with Gasteiger partial charge in [0.25, 0.3) is 0 Å². The number of nitrogens with zero attached hydrogens (tertiary/aromatic N) is 1. The molecule has 0 radical (unpaired) electrons. The summed E-state index contributed by atoms with van der Waals surface area (Å²) in [4.78, 5) is 5.07. The second kappa shape index (κ2) is 3.70. The standard InChI is InChI=1S/C5H6NS.Y/c1-4-3-6-5(2)7-4;/h1-2H3;/q-1;+3. The average molecular weight is 201 g/mol. The van der Waals surface area contributed by atoms with Gasteiger partial charge >= 0.3 is 32.7 Å². The van der Waals surface area contributed by atoms with Crippen molar-refractivity contribution in [1.82, 2.24) is 4.98 Å². The molecule has 0 N–H and O–H groups in total. The van der Waals surface area contributed by atoms with Crippen LogP contribution >= 0.6 is 11.3 Å². The zero-order valence-electron chi connectivity index (χ0n) is 4.93. The van der Waals surface area contributed by atoms with Gasteiger partial charge in [0.1, 0.15) is 0 Å². The molecule has 1 aromatic rings. The first-order chi connectivity index (χ1) is 3.29. The van der Waals surface area contributed by atoms with Crippen LogP contribution in [-0.4, -0.2) is 4.98 Å². The van der Waals surface area contributed by atoms with Crippen molar-refractivity contribution >= 4 is 11.3 Å². The Morgan fingerprint density at radius 2 is 2.12 bits per heavy atom. The van der Waals surface area contributed by atoms with E-state index in [4.69, 9.17) is 0 Å². The van der Waals surface area contributed by atoms with Crippen molar-refractivity contribution in [3.8, 4) is 0 Å². The molecule has 0 aliphatic rings. The molecule has 1 heterocycles. The van der Waals surface area contributed by atoms with Gasteiger partial charge in [0.05, 0.1) is 0 Å². The van der Waals surface area contributed by atoms with E-state index in [-0.39, 0.29) is 32.7 Å². The molecule has 0 bridgehead atoms. The molecule has 1 aromatic heterocycles. The van der Waals surface area contributed by atoms with E-state index in [1.165, 1.54) is 0 Å². The third-order valence-corrected chi connectivity index (χ3v) is 1.46. The first-order valence-electron chi connectivity index (χ1n) is 2.11. The van der Waals surface area contributed by atoms with E-state index < -0.39 is 0 Å². The Hall–Kier alpha value is 0.734. The predicted octanol–water partition coefficient (Wildman–Crippen LogP) is 1.56. The van der Waals surface area contributed by atoms with E-state index in [1.807, 2.05) is 13.8 Å². The van der Waals surface area contributed by atoms with Crippen LogP contribution in [0.2, 0.25) is 0 Å². The van der Waals surface area contributed by atoms with Crippen LogP contribution in [0.15, 0.2) is 0 Å². The van der Waals surface area contributed by atoms with Gasteiger partial charge in [0.2, 0.25) is 0 Å². The summed E-state index contributed by atoms with van der Waals surface area (Å²) in [6.45, 7) is 3.98. The maximum atomic E-state index is 3.91. The molecule has 3 heteroatoms. The minimum absolute atomic E-state index is 0. The van der Waals surface area contributed by atoms with Crippen LogP contribution in [-0.2, 0) is 32.7 Å². The van der Waals surface area contributed by atoms with E-state index in [0.29, 0.717) is 0 Å². The minimum atomic E-state index is 0. The Labute approximate surface area is 78.4 Å². The quantitative estimate of drug-likeness (QED) is 0.580. The Morgan fingerprint density at radius 1 is 1.50 bits per heavy atom. The van der Waals surface area contributed by atoms with E-state index in [9.17, 15) is 0 Å². The van der Waals surface area contributed by atoms with E-state index in [2.05, 4.69) is 11.2 Å². The van der Waals surface area contributed by atoms with Crippen molar-refractivity contribution in [3.63, 3.8) is 0 Å². The van der Waals surface area contributed by atoms with Gasteiger partial charge in [-0.2, -0.15) is 0 Å². The average Bonchev–Trinajstić information content (AvgIpc) is 1.87. The molecule has 0 saturated heterocycles. The van der Waals surface area contributed by atoms with Crippen molar-refractivity contribution in [2.24, 2.45) is 0 Å². The van der Waals surface area contributed by atoms with Crippen molar-refractivity contribution < 1.29 is 32.7 Å². The molecule has 0 atom stereocenters. The number of aromatic nitrogens is 1. The summed E-state index contributed by atoms with van der Waals surface area (Å²) in [7, 11) is 0. The molecule has 1 rings (SSSR count). The Morgan fingerprint density at radius 3 is 2.25 bits per heavy atom. The molecule has 38 valence electrons. The second-order valence-corrected chi connectivity index (χ2v) is 2.81. The van der Waals surface area contributed by atoms with Crippen LogP contribution in [0.3, 0.4) is 0 Å². The van der Waals surface area contributed by atoms with Gasteiger partial charge in [0, 0.05) is 0 Å². The van der Waals surface area contributed by atoms with E-state index in [1.54, 1.807) is 11.3 Å². The molecule has 0 aliphatic heterocycles. The Balaban J connectivity index is 0.000000490. The topological polar surface area (TPSA) is 12.9 Å². The second-order valence-electron chi connectivity index (χ2n) is 1.40. The van der Waals surface area contributed by atoms with Gasteiger partial charge < -0.3 is 4.98 Å². The first kappa shape index (κ1) is 8.73. The number of rotatable bonds is 0. The van der Waals surface area contributed by atoms with Gasteiger partial charge in [-0.3, -0.25) is 0 Å². The van der Waals surface area contributed by atoms with Crippen LogP contribution in [0, 0.1) is 20.0 Å². The molecular formula is C5H6NSY+2. The van der Waals surface area contributed by atoms with Gasteiger partial charge in [-0.1, -0.05) is 16.8 Å². The molecule has 8 heavy (non-hydrogen) atoms. The molecule has 0 fully saturated rings. The Kier molecular flexibility index (Phi) is 4.04. The summed E-state index contributed by atoms with van der Waals surface area (Å²) >= 11 is 1.68. The molecule has 0 aromatic carbocycles. The SMILES string of the molecule is Cc1[c-]nc(C)s1.[Y+3]. The molecular weight excluding hydrogens is 195 g/mol. The third kappa shape index (κ3) is 2.34. The third-order valence-electron chi connectivity index (χ3n) is 0.672. The van der Waals surface area contributed by atoms with Crippen molar-refractivity contribution in [3.05, 3.63) is 16.1 Å². The maximum Gasteiger partial charge on any atom is 3.00 e. The molecule has 0 aliphatic carbocycles. The fourth-order valence-electron chi connectivity index (χ4n) is 0.425. The van der Waals surface area contributed by atoms with Gasteiger partial charge in [0.15, 0.2) is 0 Å². The van der Waals surface area contributed by atoms with Crippen LogP contribution in [0.4, 0.5) is 0 Å². The van der Waals surface area contributed by atoms with E-state index in [0.717, 1.165) is 9.88 Å². The minimum Gasteiger partial charge on any atom is -0.446 e. The fraction of sp³-hybridized carbons (Fsp3) is 0.400. The largest absolute Gasteiger partial charge is 3.00 e. The zero-order chi connectivity index (χ0) is 5.28. The zero-order valence-corrected chi connectivity index (χ0v) is 8.59. The first-order valence-corrected chi connectivity index (χ1v) is 2.92. The summed E-state index contributed by atoms with van der Waals surface area (Å²) in [6.07, 6.45) is 2.84. The van der Waals surface area contributed by atoms with Crippen molar-refractivity contribution in [1.29, 1.82) is 0 Å². The van der Waals surface area contributed by atoms with Crippen LogP contribution < -0.4 is 0 Å². The van der Waals surface area contributed by atoms with Crippen LogP contribution in [0.25, 0.3) is 0 Å². The normalized spacial score (nSPS) is 8.25. The molecule has 0 unspecified atom stereocenters. The summed E-state index contributed by atoms with van der Waals surface area (Å²) in [5.41, 5.74) is 0. The molecule has 0 spiro atoms. The van der Waals surface area contributed by atoms with Crippen molar-refractivity contribution in [2.75, 3.05) is 0 Å². The Bertz CT molecular complexity index is 145. The number of aryl methyl sites for hydroxylation is 2. The number of hydrogen-bond donors (Lipinski definition) is 0. The molecule has 1 nitrogen and oxygen atoms in total. The van der Waals surface area contributed by atoms with Gasteiger partial charge in [-0.05, 0) is 6.92 Å². The monoisotopic (exact) mass is 201 g/mol. The summed E-state index contributed by atoms with van der Waals surface area (Å²) in [5.74, 6) is 0. The summed E-state index contributed by atoms with van der Waals surface area (Å²) in [6, 6.07) is 0. The van der Waals surface area contributed by atoms with E-state index >= 15 is 0 Å². The van der Waals surface area contributed by atoms with Crippen molar-refractivity contribution in [2.45, 2.75) is 13.8 Å². The van der Waals surface area contributed by atoms with Crippen LogP contribution in [0.1, 0.15) is 9.88 Å². The number of thiazole rings is 1. The van der Waals surface area contributed by atoms with Gasteiger partial charge in [-0.25, -0.2) is 11.3 Å². The summed E-state index contributed by atoms with van der Waals surface area (Å²) < 4.78 is 0. The fourth-order valence-corrected chi connectivity index (χ4v) is 1.05. The molecule has 0 saturated carbocycles. The maximum absolute atomic E-state index is 3.91. The van der Waals surface area contributed by atoms with Gasteiger partial charge in [-0.15, -0.1) is 6.20 Å². The summed E-state index contributed by atoms with van der Waals surface area (Å²) in [5, 5.41) is 1.09. The number of hydrogen-bond acceptors (Lipinski definition) is 2. The molecule has 0 amide bonds. The predicted molar refractivity (Wildman–Crippen MR) is 30.4 cm³/mol.